The van der Waals surface area contributed by atoms with Crippen molar-refractivity contribution >= 4 is 6.08 Å². The molecule has 3 heterocycles. The van der Waals surface area contributed by atoms with Crippen LogP contribution in [0.25, 0.3) is 6.08 Å². The lowest BCUT2D eigenvalue weighted by Crippen LogP contribution is -2.43. The molecule has 0 N–H and O–H groups in total. The maximum Gasteiger partial charge on any atom is 0.126 e. The van der Waals surface area contributed by atoms with Gasteiger partial charge in [0.05, 0.1) is 19.5 Å². The van der Waals surface area contributed by atoms with Crippen LogP contribution in [0.4, 0.5) is 0 Å². The predicted molar refractivity (Wildman–Crippen MR) is 88.8 cm³/mol. The van der Waals surface area contributed by atoms with Crippen molar-refractivity contribution in [3.8, 4) is 0 Å². The number of hydrogen-bond donors (Lipinski definition) is 0. The molecular formula is C18H28N2O2. The van der Waals surface area contributed by atoms with Crippen LogP contribution in [-0.2, 0) is 4.74 Å². The highest BCUT2D eigenvalue weighted by molar-refractivity contribution is 5.42. The highest BCUT2D eigenvalue weighted by atomic mass is 16.5. The molecule has 0 radical (unpaired) electrons. The lowest BCUT2D eigenvalue weighted by molar-refractivity contribution is 0.0315. The minimum Gasteiger partial charge on any atom is -0.465 e. The lowest BCUT2D eigenvalue weighted by atomic mass is 9.99. The van der Waals surface area contributed by atoms with Crippen molar-refractivity contribution in [2.75, 3.05) is 45.9 Å². The van der Waals surface area contributed by atoms with Gasteiger partial charge >= 0.3 is 0 Å². The molecule has 2 aliphatic heterocycles. The van der Waals surface area contributed by atoms with Crippen LogP contribution >= 0.6 is 0 Å². The van der Waals surface area contributed by atoms with E-state index in [1.807, 2.05) is 12.1 Å². The standard InChI is InChI=1S/C18H28N2O2/c1-2-9-20(10-3-6-18-7-4-14-22-18)17(5-1)8-11-19-12-15-21-16-13-19/h3-4,6-7,14,17H,1-2,5,8-13,15-16H2/b6-3+. The van der Waals surface area contributed by atoms with E-state index < -0.39 is 0 Å². The third-order valence-corrected chi connectivity index (χ3v) is 4.80. The van der Waals surface area contributed by atoms with Crippen molar-refractivity contribution in [2.45, 2.75) is 31.7 Å². The van der Waals surface area contributed by atoms with Gasteiger partial charge < -0.3 is 9.15 Å². The van der Waals surface area contributed by atoms with E-state index in [9.17, 15) is 0 Å². The lowest BCUT2D eigenvalue weighted by Gasteiger charge is -2.37. The van der Waals surface area contributed by atoms with Crippen LogP contribution in [0, 0.1) is 0 Å². The molecule has 1 aromatic heterocycles. The number of likely N-dealkylation sites (tertiary alicyclic amines) is 1. The largest absolute Gasteiger partial charge is 0.465 e. The van der Waals surface area contributed by atoms with Crippen LogP contribution in [0.3, 0.4) is 0 Å². The van der Waals surface area contributed by atoms with E-state index in [4.69, 9.17) is 9.15 Å². The number of piperidine rings is 1. The molecule has 0 spiro atoms. The van der Waals surface area contributed by atoms with Crippen LogP contribution in [0.15, 0.2) is 28.9 Å². The topological polar surface area (TPSA) is 28.9 Å². The molecule has 0 bridgehead atoms. The Hall–Kier alpha value is -1.10. The Labute approximate surface area is 133 Å². The van der Waals surface area contributed by atoms with E-state index in [0.717, 1.165) is 44.7 Å². The Balaban J connectivity index is 1.45. The minimum atomic E-state index is 0.734. The molecule has 1 aromatic rings. The van der Waals surface area contributed by atoms with Crippen LogP contribution in [-0.4, -0.2) is 61.8 Å². The highest BCUT2D eigenvalue weighted by Gasteiger charge is 2.22. The summed E-state index contributed by atoms with van der Waals surface area (Å²) in [4.78, 5) is 5.19. The van der Waals surface area contributed by atoms with E-state index in [2.05, 4.69) is 22.0 Å². The van der Waals surface area contributed by atoms with Gasteiger partial charge in [-0.15, -0.1) is 0 Å². The fourth-order valence-corrected chi connectivity index (χ4v) is 3.47. The Morgan fingerprint density at radius 1 is 1.18 bits per heavy atom. The number of furan rings is 1. The first-order chi connectivity index (χ1) is 10.9. The Bertz CT molecular complexity index is 438. The zero-order valence-corrected chi connectivity index (χ0v) is 13.5. The molecule has 2 saturated heterocycles. The molecule has 2 aliphatic rings. The Kier molecular flexibility index (Phi) is 6.11. The molecule has 22 heavy (non-hydrogen) atoms. The molecule has 0 amide bonds. The minimum absolute atomic E-state index is 0.734. The smallest absolute Gasteiger partial charge is 0.126 e. The van der Waals surface area contributed by atoms with E-state index in [0.29, 0.717) is 0 Å². The van der Waals surface area contributed by atoms with Gasteiger partial charge in [-0.05, 0) is 50.6 Å². The molecule has 2 fully saturated rings. The summed E-state index contributed by atoms with van der Waals surface area (Å²) in [6.45, 7) is 7.49. The van der Waals surface area contributed by atoms with Gasteiger partial charge in [0.15, 0.2) is 0 Å². The second-order valence-electron chi connectivity index (χ2n) is 6.31. The summed E-state index contributed by atoms with van der Waals surface area (Å²) in [5.74, 6) is 0.946. The van der Waals surface area contributed by atoms with Crippen LogP contribution in [0.2, 0.25) is 0 Å². The quantitative estimate of drug-likeness (QED) is 0.808. The third kappa shape index (κ3) is 4.70. The Morgan fingerprint density at radius 2 is 2.09 bits per heavy atom. The zero-order valence-electron chi connectivity index (χ0n) is 13.5. The normalized spacial score (nSPS) is 25.0. The molecule has 122 valence electrons. The van der Waals surface area contributed by atoms with Crippen LogP contribution < -0.4 is 0 Å². The van der Waals surface area contributed by atoms with Gasteiger partial charge in [-0.3, -0.25) is 9.80 Å². The Morgan fingerprint density at radius 3 is 2.91 bits per heavy atom. The van der Waals surface area contributed by atoms with E-state index in [1.165, 1.54) is 38.8 Å². The van der Waals surface area contributed by atoms with E-state index in [-0.39, 0.29) is 0 Å². The third-order valence-electron chi connectivity index (χ3n) is 4.80. The molecule has 4 heteroatoms. The summed E-state index contributed by atoms with van der Waals surface area (Å²) in [5, 5.41) is 0. The number of morpholine rings is 1. The number of rotatable bonds is 6. The summed E-state index contributed by atoms with van der Waals surface area (Å²) in [6, 6.07) is 4.67. The maximum atomic E-state index is 5.43. The molecule has 0 saturated carbocycles. The van der Waals surface area contributed by atoms with Crippen LogP contribution in [0.1, 0.15) is 31.4 Å². The van der Waals surface area contributed by atoms with E-state index in [1.54, 1.807) is 6.26 Å². The summed E-state index contributed by atoms with van der Waals surface area (Å²) in [5.41, 5.74) is 0. The molecule has 3 rings (SSSR count). The molecule has 0 aliphatic carbocycles. The fourth-order valence-electron chi connectivity index (χ4n) is 3.47. The summed E-state index contributed by atoms with van der Waals surface area (Å²) >= 11 is 0. The van der Waals surface area contributed by atoms with Crippen LogP contribution in [0.5, 0.6) is 0 Å². The van der Waals surface area contributed by atoms with Crippen molar-refractivity contribution in [2.24, 2.45) is 0 Å². The van der Waals surface area contributed by atoms with Gasteiger partial charge in [0.25, 0.3) is 0 Å². The van der Waals surface area contributed by atoms with Gasteiger partial charge in [-0.2, -0.15) is 0 Å². The maximum absolute atomic E-state index is 5.43. The van der Waals surface area contributed by atoms with Crippen molar-refractivity contribution < 1.29 is 9.15 Å². The summed E-state index contributed by atoms with van der Waals surface area (Å²) in [7, 11) is 0. The number of hydrogen-bond acceptors (Lipinski definition) is 4. The average Bonchev–Trinajstić information content (AvgIpc) is 3.08. The summed E-state index contributed by atoms with van der Waals surface area (Å²) < 4.78 is 10.8. The van der Waals surface area contributed by atoms with Crippen molar-refractivity contribution in [1.29, 1.82) is 0 Å². The predicted octanol–water partition coefficient (Wildman–Crippen LogP) is 2.87. The van der Waals surface area contributed by atoms with E-state index >= 15 is 0 Å². The second kappa shape index (κ2) is 8.51. The highest BCUT2D eigenvalue weighted by Crippen LogP contribution is 2.20. The van der Waals surface area contributed by atoms with Crippen molar-refractivity contribution in [3.05, 3.63) is 30.2 Å². The van der Waals surface area contributed by atoms with Crippen molar-refractivity contribution in [1.82, 2.24) is 9.80 Å². The number of ether oxygens (including phenoxy) is 1. The second-order valence-corrected chi connectivity index (χ2v) is 6.31. The first kappa shape index (κ1) is 15.8. The van der Waals surface area contributed by atoms with Gasteiger partial charge in [-0.1, -0.05) is 12.5 Å². The SMILES string of the molecule is C(=C\c1ccco1)/CN1CCCCC1CCN1CCOCC1. The molecular weight excluding hydrogens is 276 g/mol. The first-order valence-corrected chi connectivity index (χ1v) is 8.66. The monoisotopic (exact) mass is 304 g/mol. The molecule has 0 aromatic carbocycles. The van der Waals surface area contributed by atoms with Gasteiger partial charge in [0, 0.05) is 25.7 Å². The first-order valence-electron chi connectivity index (χ1n) is 8.66. The molecule has 4 nitrogen and oxygen atoms in total. The summed E-state index contributed by atoms with van der Waals surface area (Å²) in [6.07, 6.45) is 11.4. The fraction of sp³-hybridized carbons (Fsp3) is 0.667. The molecule has 1 atom stereocenters. The molecule has 1 unspecified atom stereocenters. The van der Waals surface area contributed by atoms with Gasteiger partial charge in [-0.25, -0.2) is 0 Å². The van der Waals surface area contributed by atoms with Gasteiger partial charge in [0.2, 0.25) is 0 Å². The number of nitrogens with zero attached hydrogens (tertiary/aromatic N) is 2. The van der Waals surface area contributed by atoms with Crippen molar-refractivity contribution in [3.63, 3.8) is 0 Å². The van der Waals surface area contributed by atoms with Gasteiger partial charge in [0.1, 0.15) is 5.76 Å². The average molecular weight is 304 g/mol. The zero-order chi connectivity index (χ0) is 15.0.